The average Bonchev–Trinajstić information content (AvgIpc) is 2.04. The van der Waals surface area contributed by atoms with Gasteiger partial charge in [0.25, 0.3) is 0 Å². The number of allylic oxidation sites excluding steroid dienone is 1. The number of rotatable bonds is 2. The van der Waals surface area contributed by atoms with Crippen LogP contribution in [0, 0.1) is 6.92 Å². The van der Waals surface area contributed by atoms with Crippen LogP contribution >= 0.6 is 11.6 Å². The second-order valence-electron chi connectivity index (χ2n) is 2.29. The van der Waals surface area contributed by atoms with Crippen molar-refractivity contribution < 1.29 is 0 Å². The number of aromatic nitrogens is 1. The van der Waals surface area contributed by atoms with Crippen molar-refractivity contribution in [2.75, 3.05) is 5.88 Å². The Morgan fingerprint density at radius 3 is 2.91 bits per heavy atom. The lowest BCUT2D eigenvalue weighted by Crippen LogP contribution is -1.79. The van der Waals surface area contributed by atoms with Crippen LogP contribution in [-0.4, -0.2) is 10.9 Å². The molecule has 1 aromatic rings. The van der Waals surface area contributed by atoms with Crippen LogP contribution in [-0.2, 0) is 0 Å². The highest BCUT2D eigenvalue weighted by Crippen LogP contribution is 2.01. The van der Waals surface area contributed by atoms with Gasteiger partial charge in [-0.25, -0.2) is 0 Å². The summed E-state index contributed by atoms with van der Waals surface area (Å²) >= 11 is 5.48. The summed E-state index contributed by atoms with van der Waals surface area (Å²) in [7, 11) is 0. The van der Waals surface area contributed by atoms with E-state index in [4.69, 9.17) is 11.6 Å². The van der Waals surface area contributed by atoms with Crippen LogP contribution < -0.4 is 0 Å². The number of hydrogen-bond acceptors (Lipinski definition) is 1. The molecule has 0 aliphatic heterocycles. The fraction of sp³-hybridized carbons (Fsp3) is 0.222. The molecule has 0 saturated carbocycles. The number of alkyl halides is 1. The minimum atomic E-state index is 0.549. The molecule has 0 radical (unpaired) electrons. The Bertz CT molecular complexity index is 238. The van der Waals surface area contributed by atoms with Gasteiger partial charge in [0, 0.05) is 17.8 Å². The van der Waals surface area contributed by atoms with E-state index in [1.165, 1.54) is 0 Å². The van der Waals surface area contributed by atoms with Gasteiger partial charge in [0.05, 0.1) is 0 Å². The summed E-state index contributed by atoms with van der Waals surface area (Å²) in [6.07, 6.45) is 5.69. The van der Waals surface area contributed by atoms with E-state index < -0.39 is 0 Å². The van der Waals surface area contributed by atoms with Crippen LogP contribution in [0.1, 0.15) is 11.3 Å². The molecule has 0 N–H and O–H groups in total. The molecule has 0 bridgehead atoms. The summed E-state index contributed by atoms with van der Waals surface area (Å²) in [6, 6.07) is 4.00. The number of aryl methyl sites for hydroxylation is 1. The predicted octanol–water partition coefficient (Wildman–Crippen LogP) is 2.64. The monoisotopic (exact) mass is 167 g/mol. The molecule has 0 spiro atoms. The summed E-state index contributed by atoms with van der Waals surface area (Å²) < 4.78 is 0. The zero-order valence-electron chi connectivity index (χ0n) is 6.42. The lowest BCUT2D eigenvalue weighted by molar-refractivity contribution is 1.19. The van der Waals surface area contributed by atoms with Gasteiger partial charge in [-0.05, 0) is 18.6 Å². The lowest BCUT2D eigenvalue weighted by atomic mass is 10.2. The first kappa shape index (κ1) is 8.28. The van der Waals surface area contributed by atoms with Crippen LogP contribution in [0.2, 0.25) is 0 Å². The maximum atomic E-state index is 5.48. The lowest BCUT2D eigenvalue weighted by Gasteiger charge is -1.92. The molecule has 0 aliphatic carbocycles. The molecule has 2 heteroatoms. The van der Waals surface area contributed by atoms with E-state index >= 15 is 0 Å². The SMILES string of the molecule is Cc1ccc(/C=C/CCl)cn1. The maximum Gasteiger partial charge on any atom is 0.0407 e. The van der Waals surface area contributed by atoms with Crippen LogP contribution in [0.4, 0.5) is 0 Å². The van der Waals surface area contributed by atoms with E-state index in [0.29, 0.717) is 5.88 Å². The zero-order chi connectivity index (χ0) is 8.10. The Morgan fingerprint density at radius 2 is 2.36 bits per heavy atom. The minimum Gasteiger partial charge on any atom is -0.261 e. The molecule has 58 valence electrons. The zero-order valence-corrected chi connectivity index (χ0v) is 7.17. The molecule has 1 nitrogen and oxygen atoms in total. The third kappa shape index (κ3) is 2.72. The first-order chi connectivity index (χ1) is 5.33. The Kier molecular flexibility index (Phi) is 3.12. The van der Waals surface area contributed by atoms with Crippen LogP contribution in [0.15, 0.2) is 24.4 Å². The van der Waals surface area contributed by atoms with Gasteiger partial charge in [0.1, 0.15) is 0 Å². The van der Waals surface area contributed by atoms with Crippen LogP contribution in [0.25, 0.3) is 6.08 Å². The molecule has 0 fully saturated rings. The Labute approximate surface area is 71.7 Å². The highest BCUT2D eigenvalue weighted by Gasteiger charge is 1.85. The predicted molar refractivity (Wildman–Crippen MR) is 48.7 cm³/mol. The summed E-state index contributed by atoms with van der Waals surface area (Å²) in [5.74, 6) is 0.549. The van der Waals surface area contributed by atoms with E-state index in [9.17, 15) is 0 Å². The van der Waals surface area contributed by atoms with Gasteiger partial charge in [-0.2, -0.15) is 0 Å². The molecule has 11 heavy (non-hydrogen) atoms. The molecule has 1 aromatic heterocycles. The van der Waals surface area contributed by atoms with Gasteiger partial charge >= 0.3 is 0 Å². The van der Waals surface area contributed by atoms with E-state index in [2.05, 4.69) is 4.98 Å². The van der Waals surface area contributed by atoms with Crippen molar-refractivity contribution in [2.24, 2.45) is 0 Å². The molecule has 0 saturated heterocycles. The molecule has 1 rings (SSSR count). The van der Waals surface area contributed by atoms with Crippen LogP contribution in [0.3, 0.4) is 0 Å². The highest BCUT2D eigenvalue weighted by molar-refractivity contribution is 6.19. The Balaban J connectivity index is 2.73. The van der Waals surface area contributed by atoms with Crippen molar-refractivity contribution in [3.63, 3.8) is 0 Å². The number of hydrogen-bond donors (Lipinski definition) is 0. The average molecular weight is 168 g/mol. The minimum absolute atomic E-state index is 0.549. The first-order valence-corrected chi connectivity index (χ1v) is 4.01. The molecule has 0 aromatic carbocycles. The molecule has 0 unspecified atom stereocenters. The van der Waals surface area contributed by atoms with Gasteiger partial charge in [0.2, 0.25) is 0 Å². The van der Waals surface area contributed by atoms with Crippen molar-refractivity contribution >= 4 is 17.7 Å². The Hall–Kier alpha value is -0.820. The summed E-state index contributed by atoms with van der Waals surface area (Å²) in [5.41, 5.74) is 2.13. The van der Waals surface area contributed by atoms with Gasteiger partial charge in [-0.1, -0.05) is 18.2 Å². The first-order valence-electron chi connectivity index (χ1n) is 3.48. The maximum absolute atomic E-state index is 5.48. The van der Waals surface area contributed by atoms with E-state index in [-0.39, 0.29) is 0 Å². The molecule has 1 heterocycles. The molecule has 0 aliphatic rings. The van der Waals surface area contributed by atoms with E-state index in [0.717, 1.165) is 11.3 Å². The van der Waals surface area contributed by atoms with Gasteiger partial charge in [-0.15, -0.1) is 11.6 Å². The number of nitrogens with zero attached hydrogens (tertiary/aromatic N) is 1. The van der Waals surface area contributed by atoms with Gasteiger partial charge < -0.3 is 0 Å². The van der Waals surface area contributed by atoms with Crippen molar-refractivity contribution in [1.82, 2.24) is 4.98 Å². The summed E-state index contributed by atoms with van der Waals surface area (Å²) in [6.45, 7) is 1.97. The third-order valence-electron chi connectivity index (χ3n) is 1.33. The number of halogens is 1. The fourth-order valence-corrected chi connectivity index (χ4v) is 0.848. The second kappa shape index (κ2) is 4.14. The van der Waals surface area contributed by atoms with Crippen molar-refractivity contribution in [1.29, 1.82) is 0 Å². The van der Waals surface area contributed by atoms with Gasteiger partial charge in [-0.3, -0.25) is 4.98 Å². The second-order valence-corrected chi connectivity index (χ2v) is 2.60. The van der Waals surface area contributed by atoms with Crippen molar-refractivity contribution in [3.05, 3.63) is 35.7 Å². The van der Waals surface area contributed by atoms with Crippen LogP contribution in [0.5, 0.6) is 0 Å². The topological polar surface area (TPSA) is 12.9 Å². The highest BCUT2D eigenvalue weighted by atomic mass is 35.5. The third-order valence-corrected chi connectivity index (χ3v) is 1.51. The quantitative estimate of drug-likeness (QED) is 0.618. The van der Waals surface area contributed by atoms with E-state index in [1.54, 1.807) is 0 Å². The van der Waals surface area contributed by atoms with E-state index in [1.807, 2.05) is 37.4 Å². The summed E-state index contributed by atoms with van der Waals surface area (Å²) in [4.78, 5) is 4.14. The normalized spacial score (nSPS) is 10.7. The fourth-order valence-electron chi connectivity index (χ4n) is 0.758. The molecule has 0 atom stereocenters. The molecular formula is C9H10ClN. The molecule has 0 amide bonds. The Morgan fingerprint density at radius 1 is 1.55 bits per heavy atom. The smallest absolute Gasteiger partial charge is 0.0407 e. The van der Waals surface area contributed by atoms with Crippen molar-refractivity contribution in [2.45, 2.75) is 6.92 Å². The van der Waals surface area contributed by atoms with Gasteiger partial charge in [0.15, 0.2) is 0 Å². The standard InChI is InChI=1S/C9H10ClN/c1-8-4-5-9(7-11-8)3-2-6-10/h2-5,7H,6H2,1H3/b3-2+. The number of pyridine rings is 1. The molecular weight excluding hydrogens is 158 g/mol. The largest absolute Gasteiger partial charge is 0.261 e. The summed E-state index contributed by atoms with van der Waals surface area (Å²) in [5, 5.41) is 0. The van der Waals surface area contributed by atoms with Crippen molar-refractivity contribution in [3.8, 4) is 0 Å².